The minimum absolute atomic E-state index is 0.318. The first-order valence-corrected chi connectivity index (χ1v) is 7.61. The topological polar surface area (TPSA) is 52.6 Å². The highest BCUT2D eigenvalue weighted by Gasteiger charge is 2.57. The van der Waals surface area contributed by atoms with Crippen LogP contribution in [0.3, 0.4) is 0 Å². The number of hydrogen-bond donors (Lipinski definition) is 0. The number of carbonyl (C=O) groups is 2. The van der Waals surface area contributed by atoms with Crippen molar-refractivity contribution in [2.75, 3.05) is 7.11 Å². The highest BCUT2D eigenvalue weighted by Crippen LogP contribution is 2.49. The van der Waals surface area contributed by atoms with Crippen LogP contribution >= 0.6 is 11.8 Å². The molecule has 1 saturated heterocycles. The number of esters is 2. The quantitative estimate of drug-likeness (QED) is 0.634. The van der Waals surface area contributed by atoms with Crippen LogP contribution in [0.5, 0.6) is 0 Å². The van der Waals surface area contributed by atoms with E-state index in [0.717, 1.165) is 10.5 Å². The molecular formula is C16H16O4S. The summed E-state index contributed by atoms with van der Waals surface area (Å²) in [6, 6.07) is 7.86. The second-order valence-corrected chi connectivity index (χ2v) is 6.67. The molecule has 3 aliphatic rings. The van der Waals surface area contributed by atoms with Crippen LogP contribution in [0.2, 0.25) is 0 Å². The van der Waals surface area contributed by atoms with Gasteiger partial charge in [-0.1, -0.05) is 23.8 Å². The van der Waals surface area contributed by atoms with Crippen molar-refractivity contribution in [3.63, 3.8) is 0 Å². The number of benzene rings is 1. The molecule has 1 aromatic rings. The summed E-state index contributed by atoms with van der Waals surface area (Å²) >= 11 is 1.36. The molecule has 0 saturated carbocycles. The Labute approximate surface area is 127 Å². The Hall–Kier alpha value is -1.75. The summed E-state index contributed by atoms with van der Waals surface area (Å²) in [4.78, 5) is 25.4. The molecule has 1 fully saturated rings. The fourth-order valence-electron chi connectivity index (χ4n) is 2.74. The van der Waals surface area contributed by atoms with Gasteiger partial charge in [-0.2, -0.15) is 0 Å². The van der Waals surface area contributed by atoms with Crippen LogP contribution in [0.1, 0.15) is 12.0 Å². The van der Waals surface area contributed by atoms with Crippen molar-refractivity contribution in [3.8, 4) is 0 Å². The van der Waals surface area contributed by atoms with E-state index in [1.165, 1.54) is 18.9 Å². The van der Waals surface area contributed by atoms with Gasteiger partial charge in [0.25, 0.3) is 0 Å². The Kier molecular flexibility index (Phi) is 3.53. The molecule has 21 heavy (non-hydrogen) atoms. The molecule has 0 unspecified atom stereocenters. The van der Waals surface area contributed by atoms with Gasteiger partial charge in [0.15, 0.2) is 0 Å². The summed E-state index contributed by atoms with van der Waals surface area (Å²) in [5.41, 5.74) is 1.15. The molecule has 5 heteroatoms. The number of ether oxygens (including phenoxy) is 2. The predicted molar refractivity (Wildman–Crippen MR) is 78.9 cm³/mol. The zero-order chi connectivity index (χ0) is 15.0. The molecule has 0 N–H and O–H groups in total. The summed E-state index contributed by atoms with van der Waals surface area (Å²) in [6.07, 6.45) is 3.83. The fourth-order valence-corrected chi connectivity index (χ4v) is 4.02. The van der Waals surface area contributed by atoms with Gasteiger partial charge >= 0.3 is 11.9 Å². The van der Waals surface area contributed by atoms with Gasteiger partial charge in [0, 0.05) is 11.3 Å². The first kappa shape index (κ1) is 14.2. The Morgan fingerprint density at radius 1 is 1.38 bits per heavy atom. The standard InChI is InChI=1S/C16H16O4S/c1-10-3-5-12(6-4-10)21-16-8-7-11(20-15(16)18)9-13(16)14(17)19-2/h3-8,11,13H,9H2,1-2H3/t11-,13-,16-/m1/s1. The van der Waals surface area contributed by atoms with E-state index in [-0.39, 0.29) is 18.0 Å². The van der Waals surface area contributed by atoms with E-state index in [1.807, 2.05) is 37.3 Å². The Morgan fingerprint density at radius 3 is 2.71 bits per heavy atom. The van der Waals surface area contributed by atoms with Crippen LogP contribution in [0.4, 0.5) is 0 Å². The second kappa shape index (κ2) is 5.22. The minimum Gasteiger partial charge on any atom is -0.469 e. The van der Waals surface area contributed by atoms with Crippen LogP contribution in [0, 0.1) is 12.8 Å². The van der Waals surface area contributed by atoms with Crippen molar-refractivity contribution >= 4 is 23.7 Å². The van der Waals surface area contributed by atoms with E-state index in [4.69, 9.17) is 9.47 Å². The maximum Gasteiger partial charge on any atom is 0.328 e. The molecule has 2 heterocycles. The SMILES string of the molecule is COC(=O)[C@H]1C[C@H]2C=C[C@]1(Sc1ccc(C)cc1)C(=O)O2. The molecule has 0 radical (unpaired) electrons. The van der Waals surface area contributed by atoms with Crippen molar-refractivity contribution in [1.29, 1.82) is 0 Å². The van der Waals surface area contributed by atoms with E-state index < -0.39 is 10.7 Å². The van der Waals surface area contributed by atoms with E-state index in [9.17, 15) is 9.59 Å². The molecule has 2 bridgehead atoms. The van der Waals surface area contributed by atoms with Crippen molar-refractivity contribution in [1.82, 2.24) is 0 Å². The lowest BCUT2D eigenvalue weighted by atomic mass is 9.79. The molecule has 0 amide bonds. The predicted octanol–water partition coefficient (Wildman–Crippen LogP) is 2.50. The van der Waals surface area contributed by atoms with E-state index in [0.29, 0.717) is 6.42 Å². The third-order valence-corrected chi connectivity index (χ3v) is 5.35. The zero-order valence-electron chi connectivity index (χ0n) is 11.9. The molecule has 3 atom stereocenters. The lowest BCUT2D eigenvalue weighted by Gasteiger charge is -2.43. The van der Waals surface area contributed by atoms with Gasteiger partial charge in [-0.3, -0.25) is 9.59 Å². The number of carbonyl (C=O) groups excluding carboxylic acids is 2. The molecule has 0 aromatic heterocycles. The first-order valence-electron chi connectivity index (χ1n) is 6.79. The van der Waals surface area contributed by atoms with Crippen molar-refractivity contribution in [2.45, 2.75) is 29.1 Å². The second-order valence-electron chi connectivity index (χ2n) is 5.32. The van der Waals surface area contributed by atoms with Gasteiger partial charge in [0.2, 0.25) is 0 Å². The zero-order valence-corrected chi connectivity index (χ0v) is 12.7. The molecule has 4 rings (SSSR count). The van der Waals surface area contributed by atoms with Gasteiger partial charge in [-0.05, 0) is 25.1 Å². The van der Waals surface area contributed by atoms with Gasteiger partial charge in [-0.15, -0.1) is 11.8 Å². The average molecular weight is 304 g/mol. The summed E-state index contributed by atoms with van der Waals surface area (Å²) in [5, 5.41) is 0. The lowest BCUT2D eigenvalue weighted by Crippen LogP contribution is -2.55. The normalized spacial score (nSPS) is 30.1. The summed E-state index contributed by atoms with van der Waals surface area (Å²) in [6.45, 7) is 2.00. The Balaban J connectivity index is 1.98. The Morgan fingerprint density at radius 2 is 2.10 bits per heavy atom. The molecule has 0 spiro atoms. The van der Waals surface area contributed by atoms with Gasteiger partial charge in [0.1, 0.15) is 10.9 Å². The van der Waals surface area contributed by atoms with Crippen molar-refractivity contribution in [2.24, 2.45) is 5.92 Å². The molecule has 110 valence electrons. The summed E-state index contributed by atoms with van der Waals surface area (Å²) in [7, 11) is 1.35. The monoisotopic (exact) mass is 304 g/mol. The smallest absolute Gasteiger partial charge is 0.328 e. The molecular weight excluding hydrogens is 288 g/mol. The van der Waals surface area contributed by atoms with Crippen LogP contribution in [-0.2, 0) is 19.1 Å². The number of methoxy groups -OCH3 is 1. The third kappa shape index (κ3) is 2.35. The van der Waals surface area contributed by atoms with Crippen LogP contribution < -0.4 is 0 Å². The summed E-state index contributed by atoms with van der Waals surface area (Å²) < 4.78 is 9.22. The lowest BCUT2D eigenvalue weighted by molar-refractivity contribution is -0.167. The van der Waals surface area contributed by atoms with Crippen molar-refractivity contribution in [3.05, 3.63) is 42.0 Å². The number of aryl methyl sites for hydroxylation is 1. The van der Waals surface area contributed by atoms with Gasteiger partial charge in [0.05, 0.1) is 13.0 Å². The largest absolute Gasteiger partial charge is 0.469 e. The average Bonchev–Trinajstić information content (AvgIpc) is 2.50. The highest BCUT2D eigenvalue weighted by atomic mass is 32.2. The van der Waals surface area contributed by atoms with E-state index in [1.54, 1.807) is 6.08 Å². The summed E-state index contributed by atoms with van der Waals surface area (Å²) in [5.74, 6) is -1.23. The highest BCUT2D eigenvalue weighted by molar-refractivity contribution is 8.01. The van der Waals surface area contributed by atoms with Gasteiger partial charge < -0.3 is 9.47 Å². The van der Waals surface area contributed by atoms with Gasteiger partial charge in [-0.25, -0.2) is 0 Å². The number of hydrogen-bond acceptors (Lipinski definition) is 5. The van der Waals surface area contributed by atoms with Crippen LogP contribution in [-0.4, -0.2) is 29.9 Å². The van der Waals surface area contributed by atoms with Crippen LogP contribution in [0.15, 0.2) is 41.3 Å². The number of thioether (sulfide) groups is 1. The number of rotatable bonds is 3. The first-order chi connectivity index (χ1) is 10.0. The molecule has 1 aromatic carbocycles. The van der Waals surface area contributed by atoms with Crippen molar-refractivity contribution < 1.29 is 19.1 Å². The number of fused-ring (bicyclic) bond motifs is 2. The molecule has 2 aliphatic heterocycles. The molecule has 1 aliphatic carbocycles. The Bertz CT molecular complexity index is 607. The minimum atomic E-state index is -1.02. The van der Waals surface area contributed by atoms with E-state index >= 15 is 0 Å². The third-order valence-electron chi connectivity index (χ3n) is 3.92. The molecule has 4 nitrogen and oxygen atoms in total. The fraction of sp³-hybridized carbons (Fsp3) is 0.375. The maximum atomic E-state index is 12.4. The van der Waals surface area contributed by atoms with E-state index in [2.05, 4.69) is 0 Å². The maximum absolute atomic E-state index is 12.4. The van der Waals surface area contributed by atoms with Crippen LogP contribution in [0.25, 0.3) is 0 Å².